The van der Waals surface area contributed by atoms with Crippen LogP contribution in [0.1, 0.15) is 26.2 Å². The number of amides is 3. The Balaban J connectivity index is 2.21. The molecule has 88 valence electrons. The molecule has 1 saturated heterocycles. The predicted molar refractivity (Wildman–Crippen MR) is 53.5 cm³/mol. The number of hydrogen-bond acceptors (Lipinski definition) is 3. The zero-order valence-electron chi connectivity index (χ0n) is 8.95. The van der Waals surface area contributed by atoms with Crippen LogP contribution in [0.5, 0.6) is 0 Å². The van der Waals surface area contributed by atoms with Crippen LogP contribution in [-0.4, -0.2) is 28.6 Å². The predicted octanol–water partition coefficient (Wildman–Crippen LogP) is 0.0854. The van der Waals surface area contributed by atoms with Gasteiger partial charge in [-0.25, -0.2) is 4.79 Å². The first-order valence-corrected chi connectivity index (χ1v) is 5.37. The lowest BCUT2D eigenvalue weighted by molar-refractivity contribution is -0.139. The molecule has 2 aliphatic rings. The second kappa shape index (κ2) is 3.47. The average molecular weight is 226 g/mol. The van der Waals surface area contributed by atoms with Gasteiger partial charge in [-0.3, -0.25) is 14.9 Å². The molecule has 1 aliphatic carbocycles. The molecule has 0 aromatic heterocycles. The molecule has 0 radical (unpaired) electrons. The SMILES string of the molecule is CCCC1(C2CC2C(=O)O)NC(=O)NC1=O. The smallest absolute Gasteiger partial charge is 0.322 e. The first-order chi connectivity index (χ1) is 7.51. The van der Waals surface area contributed by atoms with Crippen molar-refractivity contribution in [1.29, 1.82) is 0 Å². The minimum atomic E-state index is -0.991. The molecule has 2 rings (SSSR count). The summed E-state index contributed by atoms with van der Waals surface area (Å²) < 4.78 is 0. The van der Waals surface area contributed by atoms with Gasteiger partial charge in [0.25, 0.3) is 5.91 Å². The molecule has 0 aromatic rings. The van der Waals surface area contributed by atoms with Crippen molar-refractivity contribution in [3.05, 3.63) is 0 Å². The summed E-state index contributed by atoms with van der Waals surface area (Å²) >= 11 is 0. The van der Waals surface area contributed by atoms with Gasteiger partial charge in [0.05, 0.1) is 5.92 Å². The largest absolute Gasteiger partial charge is 0.481 e. The van der Waals surface area contributed by atoms with E-state index in [-0.39, 0.29) is 11.8 Å². The molecule has 6 nitrogen and oxygen atoms in total. The monoisotopic (exact) mass is 226 g/mol. The van der Waals surface area contributed by atoms with Crippen LogP contribution < -0.4 is 10.6 Å². The van der Waals surface area contributed by atoms with E-state index in [2.05, 4.69) is 10.6 Å². The van der Waals surface area contributed by atoms with E-state index in [9.17, 15) is 14.4 Å². The summed E-state index contributed by atoms with van der Waals surface area (Å²) in [6.07, 6.45) is 1.67. The second-order valence-electron chi connectivity index (χ2n) is 4.42. The van der Waals surface area contributed by atoms with Crippen molar-refractivity contribution in [1.82, 2.24) is 10.6 Å². The van der Waals surface area contributed by atoms with E-state index in [0.717, 1.165) is 6.42 Å². The lowest BCUT2D eigenvalue weighted by Gasteiger charge is -2.25. The summed E-state index contributed by atoms with van der Waals surface area (Å²) in [7, 11) is 0. The van der Waals surface area contributed by atoms with Crippen LogP contribution in [0.2, 0.25) is 0 Å². The number of imide groups is 1. The van der Waals surface area contributed by atoms with Crippen molar-refractivity contribution in [2.45, 2.75) is 31.7 Å². The van der Waals surface area contributed by atoms with E-state index in [1.807, 2.05) is 6.92 Å². The van der Waals surface area contributed by atoms with E-state index < -0.39 is 23.5 Å². The molecule has 3 N–H and O–H groups in total. The van der Waals surface area contributed by atoms with Crippen LogP contribution in [-0.2, 0) is 9.59 Å². The number of carboxylic acid groups (broad SMARTS) is 1. The summed E-state index contributed by atoms with van der Waals surface area (Å²) in [5.74, 6) is -2.05. The summed E-state index contributed by atoms with van der Waals surface area (Å²) in [6.45, 7) is 1.90. The number of carbonyl (C=O) groups is 3. The van der Waals surface area contributed by atoms with Gasteiger partial charge < -0.3 is 10.4 Å². The standard InChI is InChI=1S/C10H14N2O4/c1-2-3-10(6-4-5(6)7(13)14)8(15)11-9(16)12-10/h5-6H,2-4H2,1H3,(H,13,14)(H2,11,12,15,16). The first kappa shape index (κ1) is 10.9. The highest BCUT2D eigenvalue weighted by Gasteiger charge is 2.62. The Hall–Kier alpha value is -1.59. The molecule has 1 heterocycles. The van der Waals surface area contributed by atoms with Crippen LogP contribution in [0.15, 0.2) is 0 Å². The zero-order chi connectivity index (χ0) is 11.9. The van der Waals surface area contributed by atoms with E-state index in [0.29, 0.717) is 12.8 Å². The molecule has 6 heteroatoms. The highest BCUT2D eigenvalue weighted by Crippen LogP contribution is 2.49. The minimum absolute atomic E-state index is 0.267. The number of carboxylic acids is 1. The third-order valence-corrected chi connectivity index (χ3v) is 3.35. The Labute approximate surface area is 92.4 Å². The fourth-order valence-electron chi connectivity index (χ4n) is 2.53. The Morgan fingerprint density at radius 3 is 2.62 bits per heavy atom. The van der Waals surface area contributed by atoms with Gasteiger partial charge >= 0.3 is 12.0 Å². The third-order valence-electron chi connectivity index (χ3n) is 3.35. The molecule has 16 heavy (non-hydrogen) atoms. The summed E-state index contributed by atoms with van der Waals surface area (Å²) in [6, 6.07) is -0.519. The fraction of sp³-hybridized carbons (Fsp3) is 0.700. The summed E-state index contributed by atoms with van der Waals surface area (Å²) in [5.41, 5.74) is -0.991. The van der Waals surface area contributed by atoms with Gasteiger partial charge in [0.1, 0.15) is 5.54 Å². The van der Waals surface area contributed by atoms with Crippen LogP contribution in [0.4, 0.5) is 4.79 Å². The Kier molecular flexibility index (Phi) is 2.36. The van der Waals surface area contributed by atoms with E-state index in [1.165, 1.54) is 0 Å². The van der Waals surface area contributed by atoms with E-state index in [1.54, 1.807) is 0 Å². The van der Waals surface area contributed by atoms with Crippen LogP contribution >= 0.6 is 0 Å². The maximum atomic E-state index is 11.8. The number of nitrogens with one attached hydrogen (secondary N) is 2. The minimum Gasteiger partial charge on any atom is -0.481 e. The first-order valence-electron chi connectivity index (χ1n) is 5.37. The van der Waals surface area contributed by atoms with Crippen molar-refractivity contribution < 1.29 is 19.5 Å². The van der Waals surface area contributed by atoms with Crippen molar-refractivity contribution in [2.24, 2.45) is 11.8 Å². The molecule has 3 atom stereocenters. The lowest BCUT2D eigenvalue weighted by atomic mass is 9.87. The van der Waals surface area contributed by atoms with E-state index in [4.69, 9.17) is 5.11 Å². The molecule has 2 fully saturated rings. The molecule has 3 unspecified atom stereocenters. The Morgan fingerprint density at radius 1 is 1.56 bits per heavy atom. The quantitative estimate of drug-likeness (QED) is 0.592. The van der Waals surface area contributed by atoms with Gasteiger partial charge in [0, 0.05) is 5.92 Å². The number of aliphatic carboxylic acids is 1. The van der Waals surface area contributed by atoms with Gasteiger partial charge in [-0.1, -0.05) is 13.3 Å². The molecule has 1 saturated carbocycles. The molecule has 0 bridgehead atoms. The lowest BCUT2D eigenvalue weighted by Crippen LogP contribution is -2.49. The van der Waals surface area contributed by atoms with Crippen LogP contribution in [0, 0.1) is 11.8 Å². The molecular formula is C10H14N2O4. The Bertz CT molecular complexity index is 368. The van der Waals surface area contributed by atoms with Crippen molar-refractivity contribution in [3.63, 3.8) is 0 Å². The molecular weight excluding hydrogens is 212 g/mol. The Morgan fingerprint density at radius 2 is 2.25 bits per heavy atom. The average Bonchev–Trinajstić information content (AvgIpc) is 2.91. The van der Waals surface area contributed by atoms with E-state index >= 15 is 0 Å². The number of urea groups is 1. The van der Waals surface area contributed by atoms with Gasteiger partial charge in [0.15, 0.2) is 0 Å². The van der Waals surface area contributed by atoms with Gasteiger partial charge in [-0.05, 0) is 12.8 Å². The van der Waals surface area contributed by atoms with Crippen molar-refractivity contribution >= 4 is 17.9 Å². The summed E-state index contributed by atoms with van der Waals surface area (Å²) in [4.78, 5) is 33.7. The van der Waals surface area contributed by atoms with Crippen molar-refractivity contribution in [2.75, 3.05) is 0 Å². The van der Waals surface area contributed by atoms with Crippen molar-refractivity contribution in [3.8, 4) is 0 Å². The summed E-state index contributed by atoms with van der Waals surface area (Å²) in [5, 5.41) is 13.7. The molecule has 3 amide bonds. The topological polar surface area (TPSA) is 95.5 Å². The zero-order valence-corrected chi connectivity index (χ0v) is 8.95. The maximum absolute atomic E-state index is 11.8. The van der Waals surface area contributed by atoms with Gasteiger partial charge in [-0.15, -0.1) is 0 Å². The number of rotatable bonds is 4. The van der Waals surface area contributed by atoms with Crippen LogP contribution in [0.25, 0.3) is 0 Å². The number of hydrogen-bond donors (Lipinski definition) is 3. The molecule has 0 aromatic carbocycles. The van der Waals surface area contributed by atoms with Crippen LogP contribution in [0.3, 0.4) is 0 Å². The third kappa shape index (κ3) is 1.45. The van der Waals surface area contributed by atoms with Gasteiger partial charge in [0.2, 0.25) is 0 Å². The highest BCUT2D eigenvalue weighted by molar-refractivity contribution is 6.07. The highest BCUT2D eigenvalue weighted by atomic mass is 16.4. The normalized spacial score (nSPS) is 36.8. The molecule has 0 spiro atoms. The second-order valence-corrected chi connectivity index (χ2v) is 4.42. The molecule has 1 aliphatic heterocycles. The maximum Gasteiger partial charge on any atom is 0.322 e. The number of carbonyl (C=O) groups excluding carboxylic acids is 2. The van der Waals surface area contributed by atoms with Gasteiger partial charge in [-0.2, -0.15) is 0 Å². The fourth-order valence-corrected chi connectivity index (χ4v) is 2.53.